The molecule has 2 aromatic heterocycles. The Balaban J connectivity index is 1.79. The number of halogens is 1. The molecule has 0 radical (unpaired) electrons. The number of nitrogens with one attached hydrogen (secondary N) is 2. The predicted octanol–water partition coefficient (Wildman–Crippen LogP) is 3.63. The molecule has 0 atom stereocenters. The van der Waals surface area contributed by atoms with Crippen LogP contribution in [0, 0.1) is 34.2 Å². The molecule has 35 heavy (non-hydrogen) atoms. The van der Waals surface area contributed by atoms with E-state index in [0.29, 0.717) is 46.6 Å². The number of H-pyrrole nitrogens is 1. The van der Waals surface area contributed by atoms with Gasteiger partial charge in [-0.1, -0.05) is 6.07 Å². The zero-order chi connectivity index (χ0) is 24.7. The van der Waals surface area contributed by atoms with Crippen LogP contribution in [0.25, 0.3) is 33.4 Å². The van der Waals surface area contributed by atoms with Crippen molar-refractivity contribution in [3.63, 3.8) is 0 Å². The highest BCUT2D eigenvalue weighted by molar-refractivity contribution is 6.01. The summed E-state index contributed by atoms with van der Waals surface area (Å²) in [6, 6.07) is 10.5. The molecule has 176 valence electrons. The van der Waals surface area contributed by atoms with Crippen LogP contribution in [-0.4, -0.2) is 51.4 Å². The normalized spacial score (nSPS) is 13.7. The Morgan fingerprint density at radius 3 is 2.69 bits per heavy atom. The number of nitro groups is 1. The highest BCUT2D eigenvalue weighted by Gasteiger charge is 2.26. The number of phenols is 1. The molecule has 5 rings (SSSR count). The zero-order valence-electron chi connectivity index (χ0n) is 18.7. The third-order valence-electron chi connectivity index (χ3n) is 6.13. The van der Waals surface area contributed by atoms with Gasteiger partial charge < -0.3 is 15.3 Å². The first-order chi connectivity index (χ1) is 16.9. The number of hydrogen-bond donors (Lipinski definition) is 3. The molecule has 3 N–H and O–H groups in total. The van der Waals surface area contributed by atoms with Crippen LogP contribution in [0.1, 0.15) is 11.3 Å². The number of rotatable bonds is 4. The van der Waals surface area contributed by atoms with Crippen molar-refractivity contribution in [3.05, 3.63) is 63.6 Å². The summed E-state index contributed by atoms with van der Waals surface area (Å²) in [5.41, 5.74) is 2.18. The molecule has 0 bridgehead atoms. The van der Waals surface area contributed by atoms with E-state index in [1.54, 1.807) is 19.1 Å². The van der Waals surface area contributed by atoms with Crippen molar-refractivity contribution in [1.82, 2.24) is 20.5 Å². The second-order valence-electron chi connectivity index (χ2n) is 8.22. The lowest BCUT2D eigenvalue weighted by molar-refractivity contribution is -0.384. The van der Waals surface area contributed by atoms with Crippen LogP contribution in [0.4, 0.5) is 15.8 Å². The molecule has 1 saturated heterocycles. The van der Waals surface area contributed by atoms with Crippen molar-refractivity contribution in [2.75, 3.05) is 31.1 Å². The molecule has 1 aliphatic heterocycles. The molecular formula is C24H20FN7O3. The molecule has 0 amide bonds. The van der Waals surface area contributed by atoms with Gasteiger partial charge in [0.25, 0.3) is 5.69 Å². The molecule has 0 spiro atoms. The lowest BCUT2D eigenvalue weighted by Crippen LogP contribution is -2.43. The maximum Gasteiger partial charge on any atom is 0.293 e. The van der Waals surface area contributed by atoms with Gasteiger partial charge in [-0.15, -0.1) is 0 Å². The van der Waals surface area contributed by atoms with E-state index in [1.807, 2.05) is 4.90 Å². The molecule has 10 nitrogen and oxygen atoms in total. The number of phenolic OH excluding ortho intramolecular Hbond substituents is 1. The van der Waals surface area contributed by atoms with Crippen molar-refractivity contribution in [2.45, 2.75) is 6.92 Å². The third-order valence-corrected chi connectivity index (χ3v) is 6.13. The van der Waals surface area contributed by atoms with Crippen LogP contribution in [-0.2, 0) is 0 Å². The summed E-state index contributed by atoms with van der Waals surface area (Å²) < 4.78 is 14.8. The number of benzene rings is 2. The predicted molar refractivity (Wildman–Crippen MR) is 128 cm³/mol. The lowest BCUT2D eigenvalue weighted by atomic mass is 9.92. The fourth-order valence-corrected chi connectivity index (χ4v) is 4.50. The van der Waals surface area contributed by atoms with Gasteiger partial charge in [-0.25, -0.2) is 9.37 Å². The van der Waals surface area contributed by atoms with Crippen molar-refractivity contribution in [2.24, 2.45) is 0 Å². The number of nitrogens with zero attached hydrogens (tertiary/aromatic N) is 5. The molecule has 1 fully saturated rings. The largest absolute Gasteiger partial charge is 0.508 e. The van der Waals surface area contributed by atoms with Gasteiger partial charge in [-0.05, 0) is 30.7 Å². The summed E-state index contributed by atoms with van der Waals surface area (Å²) in [6.07, 6.45) is 0. The standard InChI is InChI=1S/C24H20FN7O3/c1-13-21-22(14-2-5-19(20(10-14)32(34)35)31-8-6-27-7-9-31)17(12-26)23(28-24(21)30-29-13)16-4-3-15(33)11-18(16)25/h2-5,10-11,27,33H,6-9H2,1H3,(H,28,29,30). The van der Waals surface area contributed by atoms with Crippen LogP contribution in [0.3, 0.4) is 0 Å². The second kappa shape index (κ2) is 8.66. The van der Waals surface area contributed by atoms with Gasteiger partial charge in [0, 0.05) is 49.4 Å². The molecule has 1 aliphatic rings. The van der Waals surface area contributed by atoms with E-state index in [4.69, 9.17) is 0 Å². The van der Waals surface area contributed by atoms with Gasteiger partial charge in [0.2, 0.25) is 0 Å². The summed E-state index contributed by atoms with van der Waals surface area (Å²) in [5, 5.41) is 42.6. The van der Waals surface area contributed by atoms with Gasteiger partial charge in [-0.2, -0.15) is 10.4 Å². The molecule has 4 aromatic rings. The highest BCUT2D eigenvalue weighted by atomic mass is 19.1. The number of hydrogen-bond acceptors (Lipinski definition) is 8. The van der Waals surface area contributed by atoms with E-state index in [-0.39, 0.29) is 28.3 Å². The van der Waals surface area contributed by atoms with Gasteiger partial charge in [-0.3, -0.25) is 15.2 Å². The fourth-order valence-electron chi connectivity index (χ4n) is 4.50. The van der Waals surface area contributed by atoms with Gasteiger partial charge in [0.1, 0.15) is 23.3 Å². The Labute approximate surface area is 198 Å². The van der Waals surface area contributed by atoms with Gasteiger partial charge >= 0.3 is 0 Å². The number of aryl methyl sites for hydroxylation is 1. The molecule has 0 unspecified atom stereocenters. The van der Waals surface area contributed by atoms with Crippen LogP contribution >= 0.6 is 0 Å². The monoisotopic (exact) mass is 473 g/mol. The fraction of sp³-hybridized carbons (Fsp3) is 0.208. The quantitative estimate of drug-likeness (QED) is 0.301. The van der Waals surface area contributed by atoms with Crippen LogP contribution < -0.4 is 10.2 Å². The zero-order valence-corrected chi connectivity index (χ0v) is 18.7. The molecule has 3 heterocycles. The minimum atomic E-state index is -0.754. The van der Waals surface area contributed by atoms with Crippen LogP contribution in [0.15, 0.2) is 36.4 Å². The molecular weight excluding hydrogens is 453 g/mol. The van der Waals surface area contributed by atoms with Gasteiger partial charge in [0.05, 0.1) is 27.3 Å². The summed E-state index contributed by atoms with van der Waals surface area (Å²) in [5.74, 6) is -1.02. The van der Waals surface area contributed by atoms with Crippen molar-refractivity contribution in [1.29, 1.82) is 5.26 Å². The Bertz CT molecular complexity index is 1520. The maximum absolute atomic E-state index is 14.8. The Morgan fingerprint density at radius 2 is 2.00 bits per heavy atom. The number of anilines is 1. The van der Waals surface area contributed by atoms with Gasteiger partial charge in [0.15, 0.2) is 5.65 Å². The van der Waals surface area contributed by atoms with E-state index in [9.17, 15) is 24.9 Å². The highest BCUT2D eigenvalue weighted by Crippen LogP contribution is 2.41. The average molecular weight is 473 g/mol. The number of aromatic nitrogens is 3. The number of aromatic amines is 1. The van der Waals surface area contributed by atoms with Crippen LogP contribution in [0.2, 0.25) is 0 Å². The number of pyridine rings is 1. The number of nitriles is 1. The first-order valence-corrected chi connectivity index (χ1v) is 10.9. The van der Waals surface area contributed by atoms with Crippen molar-refractivity contribution < 1.29 is 14.4 Å². The maximum atomic E-state index is 14.8. The summed E-state index contributed by atoms with van der Waals surface area (Å²) in [4.78, 5) is 18.0. The molecule has 0 saturated carbocycles. The molecule has 2 aromatic carbocycles. The number of piperazine rings is 1. The van der Waals surface area contributed by atoms with Crippen molar-refractivity contribution in [3.8, 4) is 34.2 Å². The summed E-state index contributed by atoms with van der Waals surface area (Å²) >= 11 is 0. The average Bonchev–Trinajstić information content (AvgIpc) is 3.23. The molecule has 11 heteroatoms. The summed E-state index contributed by atoms with van der Waals surface area (Å²) in [6.45, 7) is 4.44. The Hall–Kier alpha value is -4.56. The SMILES string of the molecule is Cc1n[nH]c2nc(-c3ccc(O)cc3F)c(C#N)c(-c3ccc(N4CCNCC4)c([N+](=O)[O-])c3)c12. The second-order valence-corrected chi connectivity index (χ2v) is 8.22. The lowest BCUT2D eigenvalue weighted by Gasteiger charge is -2.29. The van der Waals surface area contributed by atoms with E-state index >= 15 is 0 Å². The van der Waals surface area contributed by atoms with E-state index in [1.165, 1.54) is 18.2 Å². The first-order valence-electron chi connectivity index (χ1n) is 10.9. The third kappa shape index (κ3) is 3.79. The topological polar surface area (TPSA) is 144 Å². The number of aromatic hydroxyl groups is 1. The Morgan fingerprint density at radius 1 is 1.23 bits per heavy atom. The summed E-state index contributed by atoms with van der Waals surface area (Å²) in [7, 11) is 0. The van der Waals surface area contributed by atoms with Crippen molar-refractivity contribution >= 4 is 22.4 Å². The number of nitro benzene ring substituents is 1. The minimum absolute atomic E-state index is 0.0155. The molecule has 0 aliphatic carbocycles. The van der Waals surface area contributed by atoms with E-state index < -0.39 is 10.7 Å². The first kappa shape index (κ1) is 22.2. The number of fused-ring (bicyclic) bond motifs is 1. The van der Waals surface area contributed by atoms with E-state index in [2.05, 4.69) is 26.6 Å². The van der Waals surface area contributed by atoms with Crippen LogP contribution in [0.5, 0.6) is 5.75 Å². The Kier molecular flexibility index (Phi) is 5.50. The minimum Gasteiger partial charge on any atom is -0.508 e. The van der Waals surface area contributed by atoms with E-state index in [0.717, 1.165) is 19.2 Å². The smallest absolute Gasteiger partial charge is 0.293 e.